The molecule has 3 fully saturated rings. The fraction of sp³-hybridized carbons (Fsp3) is 0.444. The lowest BCUT2D eigenvalue weighted by Gasteiger charge is -2.26. The second kappa shape index (κ2) is 7.47. The van der Waals surface area contributed by atoms with Gasteiger partial charge in [-0.3, -0.25) is 30.0 Å². The van der Waals surface area contributed by atoms with Gasteiger partial charge in [0, 0.05) is 16.0 Å². The molecule has 8 nitrogen and oxygen atoms in total. The molecule has 0 radical (unpaired) electrons. The van der Waals surface area contributed by atoms with Crippen molar-refractivity contribution >= 4 is 55.6 Å². The molecule has 6 atom stereocenters. The molecule has 0 unspecified atom stereocenters. The maximum atomic E-state index is 12.5. The number of nitrogens with one attached hydrogen (secondary N) is 2. The maximum Gasteiger partial charge on any atom is 0.310 e. The van der Waals surface area contributed by atoms with Crippen LogP contribution in [0.5, 0.6) is 0 Å². The van der Waals surface area contributed by atoms with Crippen LogP contribution in [0, 0.1) is 23.7 Å². The van der Waals surface area contributed by atoms with Gasteiger partial charge in [-0.15, -0.1) is 0 Å². The fourth-order valence-corrected chi connectivity index (χ4v) is 5.67. The number of amides is 2. The average molecular weight is 516 g/mol. The smallest absolute Gasteiger partial charge is 0.310 e. The lowest BCUT2D eigenvalue weighted by atomic mass is 9.80. The van der Waals surface area contributed by atoms with E-state index >= 15 is 0 Å². The molecule has 28 heavy (non-hydrogen) atoms. The Balaban J connectivity index is 1.27. The fourth-order valence-electron chi connectivity index (χ4n) is 4.36. The molecule has 3 aliphatic rings. The van der Waals surface area contributed by atoms with Gasteiger partial charge < -0.3 is 9.47 Å². The number of benzene rings is 1. The standard InChI is InChI=1S/C18H16Br2N2O6/c19-8-3-1-7(2-4-8)16(24)22-21-11(23)6-27-17(25)12-9-5-10-13(12)18(26)28-15(10)14(9)20/h1-4,9-10,12-15H,5-6H2,(H,21,23)(H,22,24)/t9-,10-,12-,13-,14+,15+/m1/s1. The van der Waals surface area contributed by atoms with Gasteiger partial charge in [-0.25, -0.2) is 0 Å². The third kappa shape index (κ3) is 3.32. The van der Waals surface area contributed by atoms with Crippen LogP contribution in [-0.4, -0.2) is 41.3 Å². The van der Waals surface area contributed by atoms with Crippen molar-refractivity contribution < 1.29 is 28.7 Å². The first-order valence-electron chi connectivity index (χ1n) is 8.73. The number of hydrogen-bond acceptors (Lipinski definition) is 6. The molecule has 4 rings (SSSR count). The average Bonchev–Trinajstić information content (AvgIpc) is 3.29. The largest absolute Gasteiger partial charge is 0.461 e. The minimum Gasteiger partial charge on any atom is -0.461 e. The molecule has 0 spiro atoms. The van der Waals surface area contributed by atoms with Gasteiger partial charge >= 0.3 is 11.9 Å². The first-order valence-corrected chi connectivity index (χ1v) is 10.4. The van der Waals surface area contributed by atoms with Crippen molar-refractivity contribution in [1.29, 1.82) is 0 Å². The van der Waals surface area contributed by atoms with Crippen LogP contribution >= 0.6 is 31.9 Å². The molecule has 1 saturated heterocycles. The molecule has 1 aromatic rings. The Bertz CT molecular complexity index is 845. The predicted molar refractivity (Wildman–Crippen MR) is 102 cm³/mol. The van der Waals surface area contributed by atoms with E-state index in [1.165, 1.54) is 0 Å². The van der Waals surface area contributed by atoms with E-state index in [0.29, 0.717) is 5.56 Å². The molecule has 2 N–H and O–H groups in total. The summed E-state index contributed by atoms with van der Waals surface area (Å²) < 4.78 is 11.3. The Morgan fingerprint density at radius 3 is 2.57 bits per heavy atom. The van der Waals surface area contributed by atoms with Crippen molar-refractivity contribution in [3.8, 4) is 0 Å². The molecule has 2 aliphatic carbocycles. The number of fused-ring (bicyclic) bond motifs is 1. The van der Waals surface area contributed by atoms with Gasteiger partial charge in [0.25, 0.3) is 11.8 Å². The molecule has 1 heterocycles. The zero-order valence-electron chi connectivity index (χ0n) is 14.4. The molecule has 10 heteroatoms. The van der Waals surface area contributed by atoms with Crippen molar-refractivity contribution in [3.63, 3.8) is 0 Å². The molecule has 1 aromatic carbocycles. The quantitative estimate of drug-likeness (QED) is 0.355. The Morgan fingerprint density at radius 1 is 1.14 bits per heavy atom. The predicted octanol–water partition coefficient (Wildman–Crippen LogP) is 1.32. The minimum atomic E-state index is -0.677. The van der Waals surface area contributed by atoms with Crippen LogP contribution in [0.15, 0.2) is 28.7 Å². The van der Waals surface area contributed by atoms with Gasteiger partial charge in [-0.05, 0) is 36.6 Å². The summed E-state index contributed by atoms with van der Waals surface area (Å²) in [6.07, 6.45) is 0.551. The Hall–Kier alpha value is -1.94. The van der Waals surface area contributed by atoms with E-state index in [9.17, 15) is 19.2 Å². The van der Waals surface area contributed by atoms with E-state index in [2.05, 4.69) is 42.7 Å². The van der Waals surface area contributed by atoms with Crippen LogP contribution < -0.4 is 10.9 Å². The van der Waals surface area contributed by atoms with Crippen LogP contribution in [0.4, 0.5) is 0 Å². The van der Waals surface area contributed by atoms with Gasteiger partial charge in [0.2, 0.25) is 0 Å². The lowest BCUT2D eigenvalue weighted by molar-refractivity contribution is -0.158. The maximum absolute atomic E-state index is 12.5. The summed E-state index contributed by atoms with van der Waals surface area (Å²) in [7, 11) is 0. The van der Waals surface area contributed by atoms with Crippen molar-refractivity contribution in [2.75, 3.05) is 6.61 Å². The minimum absolute atomic E-state index is 0.0263. The van der Waals surface area contributed by atoms with Crippen molar-refractivity contribution in [3.05, 3.63) is 34.3 Å². The number of halogens is 2. The number of hydrazine groups is 1. The third-order valence-electron chi connectivity index (χ3n) is 5.56. The first-order chi connectivity index (χ1) is 13.4. The Kier molecular flexibility index (Phi) is 5.17. The van der Waals surface area contributed by atoms with Crippen LogP contribution in [0.1, 0.15) is 16.8 Å². The van der Waals surface area contributed by atoms with Gasteiger partial charge in [0.15, 0.2) is 6.61 Å². The molecular weight excluding hydrogens is 500 g/mol. The molecule has 2 bridgehead atoms. The monoisotopic (exact) mass is 514 g/mol. The lowest BCUT2D eigenvalue weighted by Crippen LogP contribution is -2.44. The summed E-state index contributed by atoms with van der Waals surface area (Å²) in [6, 6.07) is 6.57. The van der Waals surface area contributed by atoms with E-state index in [4.69, 9.17) is 9.47 Å². The van der Waals surface area contributed by atoms with Gasteiger partial charge in [-0.1, -0.05) is 31.9 Å². The Labute approximate surface area is 176 Å². The number of alkyl halides is 1. The summed E-state index contributed by atoms with van der Waals surface area (Å²) >= 11 is 6.79. The summed E-state index contributed by atoms with van der Waals surface area (Å²) in [4.78, 5) is 48.3. The topological polar surface area (TPSA) is 111 Å². The van der Waals surface area contributed by atoms with Crippen LogP contribution in [0.3, 0.4) is 0 Å². The second-order valence-corrected chi connectivity index (χ2v) is 9.05. The molecule has 1 aliphatic heterocycles. The molecular formula is C18H16Br2N2O6. The SMILES string of the molecule is O=C(COC(=O)[C@@H]1[C@H]2C[C@H]3[C@H](OC(=O)[C@H]31)[C@H]2Br)NNC(=O)c1ccc(Br)cc1. The summed E-state index contributed by atoms with van der Waals surface area (Å²) in [5.41, 5.74) is 4.81. The van der Waals surface area contributed by atoms with E-state index in [1.807, 2.05) is 0 Å². The van der Waals surface area contributed by atoms with E-state index in [1.54, 1.807) is 24.3 Å². The molecule has 2 saturated carbocycles. The zero-order chi connectivity index (χ0) is 20.0. The molecule has 0 aromatic heterocycles. The summed E-state index contributed by atoms with van der Waals surface area (Å²) in [5, 5.41) is 0. The molecule has 148 valence electrons. The second-order valence-electron chi connectivity index (χ2n) is 7.08. The highest BCUT2D eigenvalue weighted by atomic mass is 79.9. The number of carbonyl (C=O) groups excluding carboxylic acids is 4. The van der Waals surface area contributed by atoms with E-state index in [-0.39, 0.29) is 28.7 Å². The highest BCUT2D eigenvalue weighted by molar-refractivity contribution is 9.10. The number of ether oxygens (including phenoxy) is 2. The van der Waals surface area contributed by atoms with Crippen LogP contribution in [0.25, 0.3) is 0 Å². The summed E-state index contributed by atoms with van der Waals surface area (Å²) in [5.74, 6) is -3.24. The van der Waals surface area contributed by atoms with Crippen molar-refractivity contribution in [2.45, 2.75) is 17.4 Å². The normalized spacial score (nSPS) is 32.0. The number of esters is 2. The Morgan fingerprint density at radius 2 is 1.86 bits per heavy atom. The van der Waals surface area contributed by atoms with Crippen molar-refractivity contribution in [1.82, 2.24) is 10.9 Å². The van der Waals surface area contributed by atoms with Gasteiger partial charge in [0.1, 0.15) is 6.10 Å². The van der Waals surface area contributed by atoms with E-state index < -0.39 is 36.2 Å². The number of carbonyl (C=O) groups is 4. The van der Waals surface area contributed by atoms with Crippen LogP contribution in [-0.2, 0) is 23.9 Å². The highest BCUT2D eigenvalue weighted by Crippen LogP contribution is 2.60. The van der Waals surface area contributed by atoms with E-state index in [0.717, 1.165) is 10.9 Å². The number of hydrogen-bond donors (Lipinski definition) is 2. The van der Waals surface area contributed by atoms with Crippen LogP contribution in [0.2, 0.25) is 0 Å². The zero-order valence-corrected chi connectivity index (χ0v) is 17.6. The highest BCUT2D eigenvalue weighted by Gasteiger charge is 2.68. The van der Waals surface area contributed by atoms with Gasteiger partial charge in [-0.2, -0.15) is 0 Å². The first kappa shape index (κ1) is 19.4. The molecule has 2 amide bonds. The third-order valence-corrected chi connectivity index (χ3v) is 7.29. The number of rotatable bonds is 4. The van der Waals surface area contributed by atoms with Crippen molar-refractivity contribution in [2.24, 2.45) is 23.7 Å². The summed E-state index contributed by atoms with van der Waals surface area (Å²) in [6.45, 7) is -0.550. The van der Waals surface area contributed by atoms with Gasteiger partial charge in [0.05, 0.1) is 16.7 Å².